The number of amides is 1. The first kappa shape index (κ1) is 17.4. The summed E-state index contributed by atoms with van der Waals surface area (Å²) in [5, 5.41) is 3.90. The molecule has 3 atom stereocenters. The predicted octanol–water partition coefficient (Wildman–Crippen LogP) is 1.89. The number of nitrogens with two attached hydrogens (primary N) is 1. The number of rotatable bonds is 5. The summed E-state index contributed by atoms with van der Waals surface area (Å²) >= 11 is 0. The van der Waals surface area contributed by atoms with Crippen LogP contribution in [0.5, 0.6) is 0 Å². The molecular weight excluding hydrogens is 308 g/mol. The molecule has 1 aromatic rings. The van der Waals surface area contributed by atoms with Gasteiger partial charge in [-0.25, -0.2) is 0 Å². The molecule has 2 bridgehead atoms. The van der Waals surface area contributed by atoms with Crippen LogP contribution in [-0.4, -0.2) is 41.1 Å². The Morgan fingerprint density at radius 2 is 2.08 bits per heavy atom. The van der Waals surface area contributed by atoms with E-state index in [1.165, 1.54) is 6.42 Å². The van der Waals surface area contributed by atoms with Gasteiger partial charge in [-0.3, -0.25) is 4.79 Å². The van der Waals surface area contributed by atoms with E-state index in [1.54, 1.807) is 19.1 Å². The van der Waals surface area contributed by atoms with Crippen molar-refractivity contribution in [3.05, 3.63) is 11.7 Å². The molecule has 0 saturated heterocycles. The molecule has 0 aliphatic heterocycles. The summed E-state index contributed by atoms with van der Waals surface area (Å²) in [5.41, 5.74) is 6.32. The van der Waals surface area contributed by atoms with Gasteiger partial charge in [0.1, 0.15) is 6.10 Å². The highest BCUT2D eigenvalue weighted by molar-refractivity contribution is 5.78. The minimum absolute atomic E-state index is 0.0744. The molecule has 7 heteroatoms. The SMILES string of the molecule is COC(C)c1noc(CN(C)C(=O)C2CC3CCCC(C2)C3N)n1. The average molecular weight is 336 g/mol. The molecule has 2 N–H and O–H groups in total. The van der Waals surface area contributed by atoms with E-state index in [0.29, 0.717) is 30.1 Å². The summed E-state index contributed by atoms with van der Waals surface area (Å²) in [6.07, 6.45) is 5.18. The second-order valence-corrected chi connectivity index (χ2v) is 7.32. The summed E-state index contributed by atoms with van der Waals surface area (Å²) in [6.45, 7) is 2.19. The molecular formula is C17H28N4O3. The molecule has 134 valence electrons. The van der Waals surface area contributed by atoms with Crippen LogP contribution >= 0.6 is 0 Å². The molecule has 1 amide bonds. The molecule has 2 aliphatic rings. The van der Waals surface area contributed by atoms with Gasteiger partial charge in [0.25, 0.3) is 0 Å². The zero-order valence-corrected chi connectivity index (χ0v) is 14.8. The van der Waals surface area contributed by atoms with E-state index in [4.69, 9.17) is 15.0 Å². The Hall–Kier alpha value is -1.47. The van der Waals surface area contributed by atoms with Crippen LogP contribution in [0.25, 0.3) is 0 Å². The minimum atomic E-state index is -0.220. The smallest absolute Gasteiger partial charge is 0.246 e. The van der Waals surface area contributed by atoms with Crippen LogP contribution in [0.4, 0.5) is 0 Å². The number of hydrogen-bond acceptors (Lipinski definition) is 6. The summed E-state index contributed by atoms with van der Waals surface area (Å²) in [5.74, 6) is 2.18. The first-order valence-corrected chi connectivity index (χ1v) is 8.85. The fourth-order valence-electron chi connectivity index (χ4n) is 4.19. The fourth-order valence-corrected chi connectivity index (χ4v) is 4.19. The van der Waals surface area contributed by atoms with Gasteiger partial charge in [-0.05, 0) is 44.4 Å². The van der Waals surface area contributed by atoms with E-state index in [9.17, 15) is 4.79 Å². The number of hydrogen-bond donors (Lipinski definition) is 1. The van der Waals surface area contributed by atoms with Gasteiger partial charge < -0.3 is 19.9 Å². The molecule has 2 aliphatic carbocycles. The Labute approximate surface area is 142 Å². The van der Waals surface area contributed by atoms with Crippen molar-refractivity contribution in [2.75, 3.05) is 14.2 Å². The summed E-state index contributed by atoms with van der Waals surface area (Å²) in [7, 11) is 3.40. The number of nitrogens with zero attached hydrogens (tertiary/aromatic N) is 3. The molecule has 2 fully saturated rings. The monoisotopic (exact) mass is 336 g/mol. The van der Waals surface area contributed by atoms with Crippen molar-refractivity contribution in [3.8, 4) is 0 Å². The first-order valence-electron chi connectivity index (χ1n) is 8.85. The van der Waals surface area contributed by atoms with Gasteiger partial charge in [0.15, 0.2) is 5.82 Å². The molecule has 0 aromatic carbocycles. The van der Waals surface area contributed by atoms with Crippen LogP contribution in [0.1, 0.15) is 56.8 Å². The fraction of sp³-hybridized carbons (Fsp3) is 0.824. The molecule has 2 saturated carbocycles. The number of aromatic nitrogens is 2. The number of fused-ring (bicyclic) bond motifs is 2. The van der Waals surface area contributed by atoms with Crippen molar-refractivity contribution in [2.24, 2.45) is 23.5 Å². The van der Waals surface area contributed by atoms with Gasteiger partial charge in [0, 0.05) is 26.1 Å². The lowest BCUT2D eigenvalue weighted by atomic mass is 9.65. The van der Waals surface area contributed by atoms with Crippen molar-refractivity contribution in [1.82, 2.24) is 15.0 Å². The summed E-state index contributed by atoms with van der Waals surface area (Å²) in [4.78, 5) is 18.8. The van der Waals surface area contributed by atoms with Gasteiger partial charge in [-0.1, -0.05) is 11.6 Å². The maximum Gasteiger partial charge on any atom is 0.246 e. The summed E-state index contributed by atoms with van der Waals surface area (Å²) < 4.78 is 10.4. The van der Waals surface area contributed by atoms with Crippen molar-refractivity contribution in [3.63, 3.8) is 0 Å². The molecule has 24 heavy (non-hydrogen) atoms. The standard InChI is InChI=1S/C17H28N4O3/c1-10(23-3)16-19-14(24-20-16)9-21(2)17(22)13-7-11-5-4-6-12(8-13)15(11)18/h10-13,15H,4-9,18H2,1-3H3. The maximum atomic E-state index is 12.8. The largest absolute Gasteiger partial charge is 0.374 e. The van der Waals surface area contributed by atoms with Crippen LogP contribution in [-0.2, 0) is 16.1 Å². The van der Waals surface area contributed by atoms with E-state index in [-0.39, 0.29) is 24.0 Å². The van der Waals surface area contributed by atoms with Crippen molar-refractivity contribution in [1.29, 1.82) is 0 Å². The quantitative estimate of drug-likeness (QED) is 0.882. The van der Waals surface area contributed by atoms with Crippen LogP contribution in [0, 0.1) is 17.8 Å². The van der Waals surface area contributed by atoms with Crippen LogP contribution in [0.15, 0.2) is 4.52 Å². The highest BCUT2D eigenvalue weighted by Gasteiger charge is 2.41. The van der Waals surface area contributed by atoms with E-state index < -0.39 is 0 Å². The molecule has 1 aromatic heterocycles. The third kappa shape index (κ3) is 3.47. The Kier molecular flexibility index (Phi) is 5.20. The molecule has 7 nitrogen and oxygen atoms in total. The van der Waals surface area contributed by atoms with Crippen LogP contribution < -0.4 is 5.73 Å². The number of carbonyl (C=O) groups excluding carboxylic acids is 1. The highest BCUT2D eigenvalue weighted by Crippen LogP contribution is 2.42. The van der Waals surface area contributed by atoms with E-state index >= 15 is 0 Å². The molecule has 0 radical (unpaired) electrons. The normalized spacial score (nSPS) is 30.8. The minimum Gasteiger partial charge on any atom is -0.374 e. The zero-order valence-electron chi connectivity index (χ0n) is 14.8. The molecule has 1 heterocycles. The highest BCUT2D eigenvalue weighted by atomic mass is 16.5. The third-order valence-electron chi connectivity index (χ3n) is 5.71. The van der Waals surface area contributed by atoms with E-state index in [2.05, 4.69) is 10.1 Å². The molecule has 0 spiro atoms. The van der Waals surface area contributed by atoms with Gasteiger partial charge >= 0.3 is 0 Å². The lowest BCUT2D eigenvalue weighted by Gasteiger charge is -2.44. The third-order valence-corrected chi connectivity index (χ3v) is 5.71. The predicted molar refractivity (Wildman–Crippen MR) is 87.7 cm³/mol. The van der Waals surface area contributed by atoms with Gasteiger partial charge in [0.2, 0.25) is 11.8 Å². The Bertz CT molecular complexity index is 562. The van der Waals surface area contributed by atoms with E-state index in [1.807, 2.05) is 6.92 Å². The lowest BCUT2D eigenvalue weighted by Crippen LogP contribution is -2.49. The Balaban J connectivity index is 1.59. The van der Waals surface area contributed by atoms with E-state index in [0.717, 1.165) is 25.7 Å². The van der Waals surface area contributed by atoms with Crippen molar-refractivity contribution < 1.29 is 14.1 Å². The second-order valence-electron chi connectivity index (χ2n) is 7.32. The topological polar surface area (TPSA) is 94.5 Å². The van der Waals surface area contributed by atoms with Crippen molar-refractivity contribution >= 4 is 5.91 Å². The van der Waals surface area contributed by atoms with Crippen molar-refractivity contribution in [2.45, 2.75) is 57.7 Å². The Morgan fingerprint density at radius 3 is 2.71 bits per heavy atom. The average Bonchev–Trinajstić information content (AvgIpc) is 3.01. The first-order chi connectivity index (χ1) is 11.5. The number of carbonyl (C=O) groups is 1. The van der Waals surface area contributed by atoms with Gasteiger partial charge in [-0.2, -0.15) is 4.98 Å². The zero-order chi connectivity index (χ0) is 17.3. The van der Waals surface area contributed by atoms with Crippen LogP contribution in [0.3, 0.4) is 0 Å². The molecule has 3 rings (SSSR count). The van der Waals surface area contributed by atoms with Crippen LogP contribution in [0.2, 0.25) is 0 Å². The number of ether oxygens (including phenoxy) is 1. The number of methoxy groups -OCH3 is 1. The Morgan fingerprint density at radius 1 is 1.42 bits per heavy atom. The molecule has 3 unspecified atom stereocenters. The maximum absolute atomic E-state index is 12.8. The second kappa shape index (κ2) is 7.19. The summed E-state index contributed by atoms with van der Waals surface area (Å²) in [6, 6.07) is 0.280. The lowest BCUT2D eigenvalue weighted by molar-refractivity contribution is -0.138. The van der Waals surface area contributed by atoms with Gasteiger partial charge in [0.05, 0.1) is 6.54 Å². The van der Waals surface area contributed by atoms with Gasteiger partial charge in [-0.15, -0.1) is 0 Å².